The van der Waals surface area contributed by atoms with Gasteiger partial charge in [0.25, 0.3) is 0 Å². The predicted molar refractivity (Wildman–Crippen MR) is 63.2 cm³/mol. The highest BCUT2D eigenvalue weighted by Gasteiger charge is 2.47. The molecule has 7 heteroatoms. The van der Waals surface area contributed by atoms with Crippen LogP contribution in [0.15, 0.2) is 12.4 Å². The molecule has 7 nitrogen and oxygen atoms in total. The van der Waals surface area contributed by atoms with Crippen molar-refractivity contribution < 1.29 is 19.4 Å². The van der Waals surface area contributed by atoms with Gasteiger partial charge in [0.05, 0.1) is 12.2 Å². The van der Waals surface area contributed by atoms with Crippen LogP contribution in [0.1, 0.15) is 24.4 Å². The van der Waals surface area contributed by atoms with E-state index >= 15 is 0 Å². The van der Waals surface area contributed by atoms with Gasteiger partial charge < -0.3 is 14.7 Å². The molecule has 19 heavy (non-hydrogen) atoms. The Morgan fingerprint density at radius 1 is 1.53 bits per heavy atom. The van der Waals surface area contributed by atoms with E-state index in [1.165, 1.54) is 0 Å². The highest BCUT2D eigenvalue weighted by atomic mass is 16.5. The summed E-state index contributed by atoms with van der Waals surface area (Å²) >= 11 is 0. The van der Waals surface area contributed by atoms with E-state index in [1.807, 2.05) is 0 Å². The van der Waals surface area contributed by atoms with Crippen molar-refractivity contribution in [3.05, 3.63) is 18.0 Å². The van der Waals surface area contributed by atoms with Crippen LogP contribution in [0.3, 0.4) is 0 Å². The largest absolute Gasteiger partial charge is 0.479 e. The normalized spacial score (nSPS) is 27.6. The molecule has 2 unspecified atom stereocenters. The van der Waals surface area contributed by atoms with Crippen molar-refractivity contribution >= 4 is 11.9 Å². The molecular formula is C12H15N3O4. The van der Waals surface area contributed by atoms with Crippen LogP contribution in [0.25, 0.3) is 0 Å². The predicted octanol–water partition coefficient (Wildman–Crippen LogP) is -0.0644. The molecule has 0 spiro atoms. The highest BCUT2D eigenvalue weighted by molar-refractivity contribution is 5.83. The van der Waals surface area contributed by atoms with Gasteiger partial charge in [-0.05, 0) is 12.8 Å². The van der Waals surface area contributed by atoms with Gasteiger partial charge in [-0.15, -0.1) is 0 Å². The number of amides is 1. The van der Waals surface area contributed by atoms with E-state index in [9.17, 15) is 14.7 Å². The average Bonchev–Trinajstić information content (AvgIpc) is 3.10. The molecule has 102 valence electrons. The quantitative estimate of drug-likeness (QED) is 0.827. The Bertz CT molecular complexity index is 523. The molecule has 1 aromatic heterocycles. The van der Waals surface area contributed by atoms with E-state index in [0.29, 0.717) is 5.56 Å². The van der Waals surface area contributed by atoms with Crippen LogP contribution in [0.4, 0.5) is 0 Å². The number of morpholine rings is 1. The van der Waals surface area contributed by atoms with Crippen LogP contribution in [-0.4, -0.2) is 50.4 Å². The molecule has 2 atom stereocenters. The van der Waals surface area contributed by atoms with Crippen molar-refractivity contribution in [2.45, 2.75) is 31.0 Å². The van der Waals surface area contributed by atoms with Gasteiger partial charge in [-0.3, -0.25) is 9.48 Å². The van der Waals surface area contributed by atoms with Crippen LogP contribution in [-0.2, 0) is 21.4 Å². The van der Waals surface area contributed by atoms with E-state index in [-0.39, 0.29) is 18.6 Å². The highest BCUT2D eigenvalue weighted by Crippen LogP contribution is 2.39. The lowest BCUT2D eigenvalue weighted by atomic mass is 10.0. The first-order valence-electron chi connectivity index (χ1n) is 6.22. The molecule has 1 saturated heterocycles. The number of aliphatic carboxylic acids is 1. The van der Waals surface area contributed by atoms with Crippen molar-refractivity contribution in [2.24, 2.45) is 7.05 Å². The van der Waals surface area contributed by atoms with Crippen LogP contribution >= 0.6 is 0 Å². The van der Waals surface area contributed by atoms with Crippen molar-refractivity contribution in [1.82, 2.24) is 14.7 Å². The summed E-state index contributed by atoms with van der Waals surface area (Å²) in [6, 6.07) is -0.441. The van der Waals surface area contributed by atoms with Crippen LogP contribution < -0.4 is 0 Å². The Kier molecular flexibility index (Phi) is 2.78. The van der Waals surface area contributed by atoms with Gasteiger partial charge in [-0.2, -0.15) is 5.10 Å². The van der Waals surface area contributed by atoms with E-state index in [0.717, 1.165) is 12.8 Å². The Labute approximate surface area is 109 Å². The van der Waals surface area contributed by atoms with Gasteiger partial charge in [0.2, 0.25) is 5.91 Å². The summed E-state index contributed by atoms with van der Waals surface area (Å²) in [7, 11) is 1.76. The first-order chi connectivity index (χ1) is 9.08. The summed E-state index contributed by atoms with van der Waals surface area (Å²) in [6.45, 7) is -0.162. The molecule has 2 aliphatic rings. The summed E-state index contributed by atoms with van der Waals surface area (Å²) in [6.07, 6.45) is 4.15. The third kappa shape index (κ3) is 2.10. The smallest absolute Gasteiger partial charge is 0.335 e. The first-order valence-corrected chi connectivity index (χ1v) is 6.22. The summed E-state index contributed by atoms with van der Waals surface area (Å²) in [5, 5.41) is 13.3. The lowest BCUT2D eigenvalue weighted by Crippen LogP contribution is -2.52. The van der Waals surface area contributed by atoms with E-state index in [1.54, 1.807) is 29.0 Å². The number of carboxylic acids is 1. The monoisotopic (exact) mass is 265 g/mol. The average molecular weight is 265 g/mol. The molecule has 2 fully saturated rings. The molecule has 0 radical (unpaired) electrons. The van der Waals surface area contributed by atoms with Crippen LogP contribution in [0.5, 0.6) is 0 Å². The number of hydrogen-bond acceptors (Lipinski definition) is 4. The van der Waals surface area contributed by atoms with Gasteiger partial charge in [0.1, 0.15) is 6.61 Å². The Balaban J connectivity index is 1.99. The summed E-state index contributed by atoms with van der Waals surface area (Å²) in [5.74, 6) is -1.19. The first kappa shape index (κ1) is 12.2. The van der Waals surface area contributed by atoms with Crippen molar-refractivity contribution in [3.8, 4) is 0 Å². The molecule has 1 amide bonds. The number of hydrogen-bond donors (Lipinski definition) is 1. The molecule has 3 rings (SSSR count). The third-order valence-corrected chi connectivity index (χ3v) is 3.51. The van der Waals surface area contributed by atoms with Gasteiger partial charge >= 0.3 is 5.97 Å². The van der Waals surface area contributed by atoms with Crippen LogP contribution in [0, 0.1) is 0 Å². The van der Waals surface area contributed by atoms with Crippen molar-refractivity contribution in [2.75, 3.05) is 6.61 Å². The lowest BCUT2D eigenvalue weighted by Gasteiger charge is -2.39. The molecule has 1 aromatic rings. The third-order valence-electron chi connectivity index (χ3n) is 3.51. The number of aryl methyl sites for hydroxylation is 1. The molecule has 1 saturated carbocycles. The fraction of sp³-hybridized carbons (Fsp3) is 0.583. The number of carbonyl (C=O) groups is 2. The zero-order chi connectivity index (χ0) is 13.6. The van der Waals surface area contributed by atoms with E-state index in [2.05, 4.69) is 5.10 Å². The van der Waals surface area contributed by atoms with E-state index in [4.69, 9.17) is 4.74 Å². The fourth-order valence-electron chi connectivity index (χ4n) is 2.55. The summed E-state index contributed by atoms with van der Waals surface area (Å²) < 4.78 is 6.80. The lowest BCUT2D eigenvalue weighted by molar-refractivity contribution is -0.174. The van der Waals surface area contributed by atoms with Gasteiger partial charge in [0, 0.05) is 24.8 Å². The van der Waals surface area contributed by atoms with E-state index < -0.39 is 18.1 Å². The zero-order valence-electron chi connectivity index (χ0n) is 10.5. The van der Waals surface area contributed by atoms with Crippen molar-refractivity contribution in [3.63, 3.8) is 0 Å². The molecule has 2 heterocycles. The number of carbonyl (C=O) groups excluding carboxylic acids is 1. The van der Waals surface area contributed by atoms with Gasteiger partial charge in [-0.25, -0.2) is 4.79 Å². The summed E-state index contributed by atoms with van der Waals surface area (Å²) in [4.78, 5) is 25.0. The Morgan fingerprint density at radius 3 is 2.79 bits per heavy atom. The zero-order valence-corrected chi connectivity index (χ0v) is 10.5. The standard InChI is InChI=1S/C12H15N3O4/c1-14-5-7(4-13-14)10-11(12(17)18)19-6-9(16)15(10)8-2-3-8/h4-5,8,10-11H,2-3,6H2,1H3,(H,17,18). The SMILES string of the molecule is Cn1cc(C2C(C(=O)O)OCC(=O)N2C2CC2)cn1. The van der Waals surface area contributed by atoms with Crippen LogP contribution in [0.2, 0.25) is 0 Å². The minimum absolute atomic E-state index is 0.142. The topological polar surface area (TPSA) is 84.7 Å². The number of nitrogens with zero attached hydrogens (tertiary/aromatic N) is 3. The minimum Gasteiger partial charge on any atom is -0.479 e. The second kappa shape index (κ2) is 4.34. The molecular weight excluding hydrogens is 250 g/mol. The molecule has 0 bridgehead atoms. The van der Waals surface area contributed by atoms with Gasteiger partial charge in [0.15, 0.2) is 6.10 Å². The van der Waals surface area contributed by atoms with Gasteiger partial charge in [-0.1, -0.05) is 0 Å². The Hall–Kier alpha value is -1.89. The minimum atomic E-state index is -1.05. The molecule has 1 aliphatic carbocycles. The summed E-state index contributed by atoms with van der Waals surface area (Å²) in [5.41, 5.74) is 0.704. The van der Waals surface area contributed by atoms with Crippen molar-refractivity contribution in [1.29, 1.82) is 0 Å². The number of carboxylic acid groups (broad SMARTS) is 1. The maximum Gasteiger partial charge on any atom is 0.335 e. The molecule has 1 aliphatic heterocycles. The molecule has 0 aromatic carbocycles. The Morgan fingerprint density at radius 2 is 2.26 bits per heavy atom. The number of aromatic nitrogens is 2. The maximum absolute atomic E-state index is 12.0. The second-order valence-electron chi connectivity index (χ2n) is 4.99. The molecule has 1 N–H and O–H groups in total. The number of ether oxygens (including phenoxy) is 1. The second-order valence-corrected chi connectivity index (χ2v) is 4.99. The fourth-order valence-corrected chi connectivity index (χ4v) is 2.55. The number of rotatable bonds is 3. The maximum atomic E-state index is 12.0.